The van der Waals surface area contributed by atoms with Crippen LogP contribution in [-0.4, -0.2) is 76.1 Å². The molecular weight excluding hydrogens is 459 g/mol. The normalized spacial score (nSPS) is 31.8. The van der Waals surface area contributed by atoms with Gasteiger partial charge in [0.1, 0.15) is 17.6 Å². The van der Waals surface area contributed by atoms with Crippen LogP contribution in [0.25, 0.3) is 0 Å². The Hall–Kier alpha value is -2.47. The van der Waals surface area contributed by atoms with E-state index in [2.05, 4.69) is 4.90 Å². The van der Waals surface area contributed by atoms with Gasteiger partial charge in [0.2, 0.25) is 6.29 Å². The molecule has 0 saturated carbocycles. The first kappa shape index (κ1) is 24.6. The molecular formula is C23H26F3NO7. The summed E-state index contributed by atoms with van der Waals surface area (Å²) in [6, 6.07) is 3.81. The van der Waals surface area contributed by atoms with Gasteiger partial charge in [0.15, 0.2) is 6.10 Å². The maximum Gasteiger partial charge on any atom is 0.446 e. The second-order valence-corrected chi connectivity index (χ2v) is 9.16. The smallest absolute Gasteiger partial charge is 0.446 e. The van der Waals surface area contributed by atoms with Crippen LogP contribution in [0.15, 0.2) is 24.0 Å². The minimum absolute atomic E-state index is 0.0731. The predicted octanol–water partition coefficient (Wildman–Crippen LogP) is 1.13. The van der Waals surface area contributed by atoms with Crippen molar-refractivity contribution in [2.45, 2.75) is 68.2 Å². The number of hydrogen-bond acceptors (Lipinski definition) is 8. The van der Waals surface area contributed by atoms with Crippen LogP contribution in [0.3, 0.4) is 0 Å². The zero-order valence-corrected chi connectivity index (χ0v) is 18.6. The first-order valence-corrected chi connectivity index (χ1v) is 10.9. The molecule has 1 saturated heterocycles. The minimum Gasteiger partial charge on any atom is -0.481 e. The van der Waals surface area contributed by atoms with E-state index in [4.69, 9.17) is 14.3 Å². The molecule has 186 valence electrons. The standard InChI is InChI=1S/C21H25NO6.C2HF3O/c1-11(24)19(25)27-14-5-6-21(26)15-9-12-3-4-13(10-23)17-16(12)20(21,18(14)28-17)7-8-22(15)2;3-2(4,5)1-6/h3-5,11,15,18,23-24,26H,6-10H2,1-2H3;1H/t11-,15+,18-,20-,21+;/m0./s1. The number of aldehydes is 1. The van der Waals surface area contributed by atoms with Crippen LogP contribution < -0.4 is 4.74 Å². The molecule has 0 unspecified atom stereocenters. The summed E-state index contributed by atoms with van der Waals surface area (Å²) in [6.45, 7) is 1.98. The SMILES string of the molecule is C[C@H](O)C(=O)OC1=CC[C@@]2(O)[C@H]3Cc4ccc(CO)c5c4[C@@]2(CCN3C)[C@H]1O5.O=CC(F)(F)F. The molecule has 1 aromatic rings. The van der Waals surface area contributed by atoms with E-state index in [1.807, 2.05) is 19.2 Å². The van der Waals surface area contributed by atoms with Crippen LogP contribution in [0, 0.1) is 0 Å². The van der Waals surface area contributed by atoms with Gasteiger partial charge in [-0.1, -0.05) is 12.1 Å². The number of halogens is 3. The molecule has 5 atom stereocenters. The highest BCUT2D eigenvalue weighted by molar-refractivity contribution is 5.75. The molecule has 4 aliphatic rings. The number of hydrogen-bond donors (Lipinski definition) is 3. The maximum absolute atomic E-state index is 12.1. The van der Waals surface area contributed by atoms with Crippen molar-refractivity contribution in [1.82, 2.24) is 4.90 Å². The molecule has 34 heavy (non-hydrogen) atoms. The first-order chi connectivity index (χ1) is 15.9. The van der Waals surface area contributed by atoms with Crippen molar-refractivity contribution < 1.29 is 47.6 Å². The Bertz CT molecular complexity index is 1040. The Labute approximate surface area is 193 Å². The summed E-state index contributed by atoms with van der Waals surface area (Å²) >= 11 is 0. The lowest BCUT2D eigenvalue weighted by Gasteiger charge is -2.61. The number of carbonyl (C=O) groups excluding carboxylic acids is 2. The van der Waals surface area contributed by atoms with E-state index in [1.54, 1.807) is 6.08 Å². The fourth-order valence-electron chi connectivity index (χ4n) is 5.83. The van der Waals surface area contributed by atoms with Crippen LogP contribution >= 0.6 is 0 Å². The molecule has 0 amide bonds. The third-order valence-corrected chi connectivity index (χ3v) is 7.32. The van der Waals surface area contributed by atoms with Crippen molar-refractivity contribution >= 4 is 12.3 Å². The number of nitrogens with zero attached hydrogens (tertiary/aromatic N) is 1. The molecule has 3 N–H and O–H groups in total. The van der Waals surface area contributed by atoms with Crippen molar-refractivity contribution in [3.8, 4) is 5.75 Å². The molecule has 11 heteroatoms. The van der Waals surface area contributed by atoms with Crippen molar-refractivity contribution in [3.05, 3.63) is 40.7 Å². The quantitative estimate of drug-likeness (QED) is 0.431. The van der Waals surface area contributed by atoms with Crippen LogP contribution in [0.4, 0.5) is 13.2 Å². The van der Waals surface area contributed by atoms with E-state index >= 15 is 0 Å². The van der Waals surface area contributed by atoms with Gasteiger partial charge in [-0.15, -0.1) is 0 Å². The predicted molar refractivity (Wildman–Crippen MR) is 111 cm³/mol. The van der Waals surface area contributed by atoms with Gasteiger partial charge >= 0.3 is 12.1 Å². The van der Waals surface area contributed by atoms with Crippen LogP contribution in [0.1, 0.15) is 36.5 Å². The number of piperidine rings is 1. The highest BCUT2D eigenvalue weighted by Crippen LogP contribution is 2.64. The Morgan fingerprint density at radius 1 is 1.41 bits per heavy atom. The topological polar surface area (TPSA) is 117 Å². The number of likely N-dealkylation sites (tertiary alicyclic amines) is 1. The van der Waals surface area contributed by atoms with Gasteiger partial charge in [-0.25, -0.2) is 4.79 Å². The largest absolute Gasteiger partial charge is 0.481 e. The van der Waals surface area contributed by atoms with Gasteiger partial charge in [0, 0.05) is 23.6 Å². The average molecular weight is 485 g/mol. The number of benzene rings is 1. The molecule has 1 spiro atoms. The van der Waals surface area contributed by atoms with E-state index in [0.29, 0.717) is 36.3 Å². The number of ether oxygens (including phenoxy) is 2. The molecule has 2 bridgehead atoms. The van der Waals surface area contributed by atoms with Gasteiger partial charge < -0.3 is 29.7 Å². The summed E-state index contributed by atoms with van der Waals surface area (Å²) in [7, 11) is 2.03. The lowest BCUT2D eigenvalue weighted by atomic mass is 9.50. The van der Waals surface area contributed by atoms with E-state index in [9.17, 15) is 33.3 Å². The van der Waals surface area contributed by atoms with E-state index in [1.165, 1.54) is 6.92 Å². The van der Waals surface area contributed by atoms with Crippen LogP contribution in [0.5, 0.6) is 5.75 Å². The molecule has 1 fully saturated rings. The lowest BCUT2D eigenvalue weighted by Crippen LogP contribution is -2.74. The highest BCUT2D eigenvalue weighted by Gasteiger charge is 2.71. The van der Waals surface area contributed by atoms with E-state index < -0.39 is 41.7 Å². The van der Waals surface area contributed by atoms with Crippen molar-refractivity contribution in [2.24, 2.45) is 0 Å². The summed E-state index contributed by atoms with van der Waals surface area (Å²) in [5.41, 5.74) is 0.941. The summed E-state index contributed by atoms with van der Waals surface area (Å²) in [6.07, 6.45) is -4.19. The molecule has 0 aromatic heterocycles. The number of aliphatic hydroxyl groups excluding tert-OH is 2. The Morgan fingerprint density at radius 2 is 2.09 bits per heavy atom. The highest BCUT2D eigenvalue weighted by atomic mass is 19.4. The van der Waals surface area contributed by atoms with E-state index in [-0.39, 0.29) is 12.6 Å². The molecule has 1 aromatic carbocycles. The first-order valence-electron chi connectivity index (χ1n) is 10.9. The molecule has 2 heterocycles. The average Bonchev–Trinajstić information content (AvgIpc) is 3.13. The number of rotatable bonds is 3. The Kier molecular flexibility index (Phi) is 6.04. The Morgan fingerprint density at radius 3 is 2.68 bits per heavy atom. The summed E-state index contributed by atoms with van der Waals surface area (Å²) in [4.78, 5) is 23.0. The number of likely N-dealkylation sites (N-methyl/N-ethyl adjacent to an activating group) is 1. The van der Waals surface area contributed by atoms with Gasteiger partial charge in [-0.2, -0.15) is 13.2 Å². The van der Waals surface area contributed by atoms with Gasteiger partial charge in [0.25, 0.3) is 0 Å². The summed E-state index contributed by atoms with van der Waals surface area (Å²) in [5, 5.41) is 31.4. The van der Waals surface area contributed by atoms with Gasteiger partial charge in [-0.3, -0.25) is 4.79 Å². The second kappa shape index (κ2) is 8.33. The van der Waals surface area contributed by atoms with Gasteiger partial charge in [0.05, 0.1) is 17.6 Å². The Balaban J connectivity index is 0.000000408. The zero-order valence-electron chi connectivity index (χ0n) is 18.6. The van der Waals surface area contributed by atoms with Crippen molar-refractivity contribution in [2.75, 3.05) is 13.6 Å². The number of esters is 1. The molecule has 5 rings (SSSR count). The molecule has 2 aliphatic heterocycles. The summed E-state index contributed by atoms with van der Waals surface area (Å²) in [5.74, 6) is 0.203. The van der Waals surface area contributed by atoms with Crippen molar-refractivity contribution in [3.63, 3.8) is 0 Å². The molecule has 0 radical (unpaired) electrons. The fourth-order valence-corrected chi connectivity index (χ4v) is 5.83. The third-order valence-electron chi connectivity index (χ3n) is 7.32. The van der Waals surface area contributed by atoms with E-state index in [0.717, 1.165) is 17.7 Å². The van der Waals surface area contributed by atoms with Crippen LogP contribution in [0.2, 0.25) is 0 Å². The lowest BCUT2D eigenvalue weighted by molar-refractivity contribution is -0.171. The number of alkyl halides is 3. The monoisotopic (exact) mass is 485 g/mol. The second-order valence-electron chi connectivity index (χ2n) is 9.16. The zero-order chi connectivity index (χ0) is 25.1. The molecule has 2 aliphatic carbocycles. The maximum atomic E-state index is 12.1. The van der Waals surface area contributed by atoms with Crippen molar-refractivity contribution in [1.29, 1.82) is 0 Å². The van der Waals surface area contributed by atoms with Gasteiger partial charge in [-0.05, 0) is 45.0 Å². The number of carbonyl (C=O) groups is 2. The molecule has 8 nitrogen and oxygen atoms in total. The minimum atomic E-state index is -4.64. The summed E-state index contributed by atoms with van der Waals surface area (Å²) < 4.78 is 43.1. The van der Waals surface area contributed by atoms with Crippen LogP contribution in [-0.2, 0) is 32.8 Å². The fraction of sp³-hybridized carbons (Fsp3) is 0.565. The third kappa shape index (κ3) is 3.53. The number of aliphatic hydroxyl groups is 3.